The van der Waals surface area contributed by atoms with Gasteiger partial charge in [-0.05, 0) is 60.0 Å². The molecule has 0 amide bonds. The number of nitrogens with one attached hydrogen (secondary N) is 2. The van der Waals surface area contributed by atoms with Gasteiger partial charge in [0.05, 0.1) is 22.1 Å². The predicted molar refractivity (Wildman–Crippen MR) is 149 cm³/mol. The van der Waals surface area contributed by atoms with Crippen LogP contribution in [0.25, 0.3) is 74.9 Å². The highest BCUT2D eigenvalue weighted by Gasteiger charge is 2.14. The van der Waals surface area contributed by atoms with E-state index in [0.717, 1.165) is 33.7 Å². The van der Waals surface area contributed by atoms with Crippen LogP contribution >= 0.6 is 11.3 Å². The molecule has 0 saturated heterocycles. The first-order chi connectivity index (χ1) is 17.1. The molecule has 0 aliphatic rings. The van der Waals surface area contributed by atoms with Crippen molar-refractivity contribution in [3.05, 3.63) is 84.4 Å². The van der Waals surface area contributed by atoms with Gasteiger partial charge >= 0.3 is 0 Å². The SMILES string of the molecule is Cc1nc2cc3sc4cc(-c5ccc6c(c5)c5ccccc5c5nc(C)[nH]c65)ccc4c3cc2[nH]1. The summed E-state index contributed by atoms with van der Waals surface area (Å²) in [5.74, 6) is 1.90. The molecule has 0 radical (unpaired) electrons. The summed E-state index contributed by atoms with van der Waals surface area (Å²) in [4.78, 5) is 16.3. The number of thiophene rings is 1. The van der Waals surface area contributed by atoms with Crippen LogP contribution in [0.2, 0.25) is 0 Å². The number of hydrogen-bond acceptors (Lipinski definition) is 3. The van der Waals surface area contributed by atoms with Crippen LogP contribution in [0.3, 0.4) is 0 Å². The quantitative estimate of drug-likeness (QED) is 0.238. The minimum absolute atomic E-state index is 0.943. The second-order valence-electron chi connectivity index (χ2n) is 9.35. The molecule has 0 saturated carbocycles. The minimum Gasteiger partial charge on any atom is -0.342 e. The zero-order valence-corrected chi connectivity index (χ0v) is 20.0. The van der Waals surface area contributed by atoms with E-state index in [-0.39, 0.29) is 0 Å². The van der Waals surface area contributed by atoms with Crippen LogP contribution in [0.4, 0.5) is 0 Å². The molecule has 0 aliphatic heterocycles. The number of aryl methyl sites for hydroxylation is 2. The van der Waals surface area contributed by atoms with Crippen molar-refractivity contribution in [1.82, 2.24) is 19.9 Å². The van der Waals surface area contributed by atoms with Gasteiger partial charge in [-0.3, -0.25) is 0 Å². The van der Waals surface area contributed by atoms with E-state index in [0.29, 0.717) is 0 Å². The van der Waals surface area contributed by atoms with Gasteiger partial charge in [-0.2, -0.15) is 0 Å². The Labute approximate surface area is 204 Å². The fraction of sp³-hybridized carbons (Fsp3) is 0.0667. The molecule has 0 aliphatic carbocycles. The lowest BCUT2D eigenvalue weighted by Crippen LogP contribution is -1.84. The molecule has 5 heteroatoms. The first kappa shape index (κ1) is 19.1. The third kappa shape index (κ3) is 2.67. The fourth-order valence-electron chi connectivity index (χ4n) is 5.56. The molecular weight excluding hydrogens is 448 g/mol. The van der Waals surface area contributed by atoms with Gasteiger partial charge in [0.2, 0.25) is 0 Å². The maximum atomic E-state index is 4.79. The van der Waals surface area contributed by atoms with Gasteiger partial charge in [0.25, 0.3) is 0 Å². The summed E-state index contributed by atoms with van der Waals surface area (Å²) in [5.41, 5.74) is 6.75. The van der Waals surface area contributed by atoms with Crippen molar-refractivity contribution in [3.63, 3.8) is 0 Å². The molecule has 0 spiro atoms. The number of benzene rings is 5. The number of rotatable bonds is 1. The normalized spacial score (nSPS) is 12.3. The maximum Gasteiger partial charge on any atom is 0.104 e. The maximum absolute atomic E-state index is 4.79. The Bertz CT molecular complexity index is 2140. The number of imidazole rings is 2. The van der Waals surface area contributed by atoms with E-state index in [4.69, 9.17) is 4.98 Å². The number of aromatic nitrogens is 4. The van der Waals surface area contributed by atoms with Gasteiger partial charge in [0.15, 0.2) is 0 Å². The molecule has 8 rings (SSSR count). The van der Waals surface area contributed by atoms with E-state index < -0.39 is 0 Å². The van der Waals surface area contributed by atoms with E-state index in [1.165, 1.54) is 52.8 Å². The molecule has 166 valence electrons. The van der Waals surface area contributed by atoms with E-state index >= 15 is 0 Å². The standard InChI is InChI=1S/C30H20N4S/c1-15-31-25-13-24-20-9-7-18(12-27(20)35-28(24)14-26(25)32-15)17-8-10-22-23(11-17)19-5-3-4-6-21(19)29-30(22)34-16(2)33-29/h3-14H,1-2H3,(H,31,32)(H,33,34). The summed E-state index contributed by atoms with van der Waals surface area (Å²) in [6, 6.07) is 26.7. The van der Waals surface area contributed by atoms with Crippen molar-refractivity contribution in [2.75, 3.05) is 0 Å². The summed E-state index contributed by atoms with van der Waals surface area (Å²) < 4.78 is 2.57. The Kier molecular flexibility index (Phi) is 3.65. The first-order valence-electron chi connectivity index (χ1n) is 11.8. The lowest BCUT2D eigenvalue weighted by Gasteiger charge is -2.09. The van der Waals surface area contributed by atoms with Crippen LogP contribution in [0.1, 0.15) is 11.6 Å². The van der Waals surface area contributed by atoms with Gasteiger partial charge in [0, 0.05) is 30.9 Å². The predicted octanol–water partition coefficient (Wildman–Crippen LogP) is 8.40. The number of aromatic amines is 2. The molecule has 3 heterocycles. The zero-order chi connectivity index (χ0) is 23.3. The van der Waals surface area contributed by atoms with Gasteiger partial charge in [-0.15, -0.1) is 11.3 Å². The summed E-state index contributed by atoms with van der Waals surface area (Å²) in [6.45, 7) is 4.03. The van der Waals surface area contributed by atoms with Crippen molar-refractivity contribution < 1.29 is 0 Å². The molecule has 5 aromatic carbocycles. The molecule has 2 N–H and O–H groups in total. The summed E-state index contributed by atoms with van der Waals surface area (Å²) >= 11 is 1.84. The zero-order valence-electron chi connectivity index (χ0n) is 19.2. The lowest BCUT2D eigenvalue weighted by atomic mass is 9.95. The molecule has 0 unspecified atom stereocenters. The van der Waals surface area contributed by atoms with E-state index in [2.05, 4.69) is 87.7 Å². The molecule has 8 aromatic rings. The summed E-state index contributed by atoms with van der Waals surface area (Å²) in [7, 11) is 0. The van der Waals surface area contributed by atoms with Crippen molar-refractivity contribution in [3.8, 4) is 11.1 Å². The van der Waals surface area contributed by atoms with Crippen molar-refractivity contribution >= 4 is 75.1 Å². The first-order valence-corrected chi connectivity index (χ1v) is 12.6. The third-order valence-electron chi connectivity index (χ3n) is 7.11. The highest BCUT2D eigenvalue weighted by atomic mass is 32.1. The second-order valence-corrected chi connectivity index (χ2v) is 10.4. The topological polar surface area (TPSA) is 57.4 Å². The van der Waals surface area contributed by atoms with Crippen LogP contribution in [0, 0.1) is 13.8 Å². The van der Waals surface area contributed by atoms with Crippen molar-refractivity contribution in [2.45, 2.75) is 13.8 Å². The molecule has 0 bridgehead atoms. The van der Waals surface area contributed by atoms with E-state index in [9.17, 15) is 0 Å². The Morgan fingerprint density at radius 1 is 0.600 bits per heavy atom. The highest BCUT2D eigenvalue weighted by Crippen LogP contribution is 2.40. The fourth-order valence-corrected chi connectivity index (χ4v) is 6.72. The van der Waals surface area contributed by atoms with Crippen LogP contribution in [0.5, 0.6) is 0 Å². The Morgan fingerprint density at radius 3 is 2.23 bits per heavy atom. The Morgan fingerprint density at radius 2 is 1.34 bits per heavy atom. The lowest BCUT2D eigenvalue weighted by molar-refractivity contribution is 1.17. The van der Waals surface area contributed by atoms with Crippen LogP contribution in [0.15, 0.2) is 72.8 Å². The largest absolute Gasteiger partial charge is 0.342 e. The Hall–Kier alpha value is -4.22. The minimum atomic E-state index is 0.943. The highest BCUT2D eigenvalue weighted by molar-refractivity contribution is 7.25. The monoisotopic (exact) mass is 468 g/mol. The Balaban J connectivity index is 1.37. The molecule has 35 heavy (non-hydrogen) atoms. The number of hydrogen-bond donors (Lipinski definition) is 2. The molecular formula is C30H20N4S. The van der Waals surface area contributed by atoms with Crippen LogP contribution in [-0.2, 0) is 0 Å². The molecule has 4 nitrogen and oxygen atoms in total. The summed E-state index contributed by atoms with van der Waals surface area (Å²) in [6.07, 6.45) is 0. The van der Waals surface area contributed by atoms with E-state index in [1.807, 2.05) is 25.2 Å². The van der Waals surface area contributed by atoms with Gasteiger partial charge in [-0.1, -0.05) is 48.5 Å². The smallest absolute Gasteiger partial charge is 0.104 e. The molecule has 0 atom stereocenters. The second kappa shape index (κ2) is 6.68. The van der Waals surface area contributed by atoms with Gasteiger partial charge in [0.1, 0.15) is 11.6 Å². The van der Waals surface area contributed by atoms with Gasteiger partial charge < -0.3 is 9.97 Å². The van der Waals surface area contributed by atoms with Crippen LogP contribution in [-0.4, -0.2) is 19.9 Å². The van der Waals surface area contributed by atoms with Gasteiger partial charge in [-0.25, -0.2) is 9.97 Å². The molecule has 3 aromatic heterocycles. The number of nitrogens with zero attached hydrogens (tertiary/aromatic N) is 2. The number of fused-ring (bicyclic) bond motifs is 10. The van der Waals surface area contributed by atoms with Crippen molar-refractivity contribution in [1.29, 1.82) is 0 Å². The summed E-state index contributed by atoms with van der Waals surface area (Å²) in [5, 5.41) is 7.48. The van der Waals surface area contributed by atoms with E-state index in [1.54, 1.807) is 0 Å². The average Bonchev–Trinajstić information content (AvgIpc) is 3.54. The number of H-pyrrole nitrogens is 2. The third-order valence-corrected chi connectivity index (χ3v) is 8.23. The molecule has 0 fully saturated rings. The van der Waals surface area contributed by atoms with Crippen molar-refractivity contribution in [2.24, 2.45) is 0 Å². The van der Waals surface area contributed by atoms with Crippen LogP contribution < -0.4 is 0 Å². The average molecular weight is 469 g/mol.